The largest absolute Gasteiger partial charge is 0.493 e. The average Bonchev–Trinajstić information content (AvgIpc) is 2.92. The van der Waals surface area contributed by atoms with E-state index in [1.54, 1.807) is 42.3 Å². The van der Waals surface area contributed by atoms with E-state index >= 15 is 0 Å². The molecule has 0 saturated carbocycles. The van der Waals surface area contributed by atoms with Gasteiger partial charge < -0.3 is 18.9 Å². The molecule has 0 aliphatic carbocycles. The molecule has 0 N–H and O–H groups in total. The van der Waals surface area contributed by atoms with Crippen molar-refractivity contribution in [2.45, 2.75) is 25.3 Å². The molecule has 0 heterocycles. The summed E-state index contributed by atoms with van der Waals surface area (Å²) in [4.78, 5) is 15.0. The van der Waals surface area contributed by atoms with Crippen LogP contribution >= 0.6 is 0 Å². The van der Waals surface area contributed by atoms with Crippen LogP contribution in [0, 0.1) is 0 Å². The maximum atomic E-state index is 13.4. The van der Waals surface area contributed by atoms with Gasteiger partial charge in [0.15, 0.2) is 11.5 Å². The lowest BCUT2D eigenvalue weighted by molar-refractivity contribution is 0.000985. The normalized spacial score (nSPS) is 15.6. The third-order valence-electron chi connectivity index (χ3n) is 5.68. The topological polar surface area (TPSA) is 57.2 Å². The van der Waals surface area contributed by atoms with Crippen LogP contribution in [0.1, 0.15) is 41.6 Å². The van der Waals surface area contributed by atoms with Crippen molar-refractivity contribution >= 4 is 5.97 Å². The van der Waals surface area contributed by atoms with Gasteiger partial charge in [0.2, 0.25) is 5.75 Å². The molecule has 0 aliphatic rings. The van der Waals surface area contributed by atoms with Crippen molar-refractivity contribution in [3.63, 3.8) is 0 Å². The first kappa shape index (κ1) is 18.9. The summed E-state index contributed by atoms with van der Waals surface area (Å²) in [5, 5.41) is 0. The number of nitrogens with zero attached hydrogens (tertiary/aromatic N) is 1. The highest BCUT2D eigenvalue weighted by Crippen LogP contribution is 2.39. The molecule has 1 unspecified atom stereocenters. The summed E-state index contributed by atoms with van der Waals surface area (Å²) in [6.45, 7) is -3.47. The second kappa shape index (κ2) is 11.6. The second-order valence-electron chi connectivity index (χ2n) is 7.68. The molecule has 0 aliphatic heterocycles. The van der Waals surface area contributed by atoms with Crippen LogP contribution in [-0.4, -0.2) is 45.9 Å². The van der Waals surface area contributed by atoms with Gasteiger partial charge in [-0.1, -0.05) is 67.5 Å². The highest BCUT2D eigenvalue weighted by atomic mass is 16.5. The Hall–Kier alpha value is -3.51. The predicted molar refractivity (Wildman–Crippen MR) is 133 cm³/mol. The van der Waals surface area contributed by atoms with Crippen molar-refractivity contribution in [2.75, 3.05) is 35.0 Å². The number of hydrogen-bond acceptors (Lipinski definition) is 6. The molecule has 0 amide bonds. The summed E-state index contributed by atoms with van der Waals surface area (Å²) in [6.07, 6.45) is -2.85. The molecule has 0 aromatic heterocycles. The van der Waals surface area contributed by atoms with Gasteiger partial charge in [-0.05, 0) is 36.7 Å². The van der Waals surface area contributed by atoms with Crippen molar-refractivity contribution in [2.24, 2.45) is 0 Å². The Morgan fingerprint density at radius 3 is 2.06 bits per heavy atom. The van der Waals surface area contributed by atoms with E-state index in [2.05, 4.69) is 0 Å². The minimum absolute atomic E-state index is 0.0617. The Balaban J connectivity index is 2.12. The van der Waals surface area contributed by atoms with E-state index in [1.807, 2.05) is 30.3 Å². The molecule has 0 spiro atoms. The lowest BCUT2D eigenvalue weighted by Gasteiger charge is -2.41. The zero-order valence-corrected chi connectivity index (χ0v) is 19.8. The van der Waals surface area contributed by atoms with E-state index in [1.165, 1.54) is 33.5 Å². The molecule has 180 valence electrons. The zero-order valence-electron chi connectivity index (χ0n) is 24.8. The van der Waals surface area contributed by atoms with Gasteiger partial charge in [0.05, 0.1) is 32.4 Å². The molecule has 0 saturated heterocycles. The maximum Gasteiger partial charge on any atom is 0.338 e. The minimum atomic E-state index is -3.06. The fourth-order valence-corrected chi connectivity index (χ4v) is 3.78. The molecule has 1 atom stereocenters. The van der Waals surface area contributed by atoms with Crippen LogP contribution in [0.15, 0.2) is 72.8 Å². The van der Waals surface area contributed by atoms with Crippen LogP contribution in [0.2, 0.25) is 0 Å². The van der Waals surface area contributed by atoms with E-state index in [4.69, 9.17) is 25.8 Å². The van der Waals surface area contributed by atoms with Gasteiger partial charge in [0, 0.05) is 13.4 Å². The Labute approximate surface area is 209 Å². The quantitative estimate of drug-likeness (QED) is 0.356. The Morgan fingerprint density at radius 2 is 1.53 bits per heavy atom. The number of esters is 1. The van der Waals surface area contributed by atoms with Crippen LogP contribution in [0.3, 0.4) is 0 Å². The van der Waals surface area contributed by atoms with Crippen LogP contribution in [0.25, 0.3) is 0 Å². The Kier molecular flexibility index (Phi) is 6.42. The molecule has 0 radical (unpaired) electrons. The van der Waals surface area contributed by atoms with E-state index in [0.717, 1.165) is 5.56 Å². The van der Waals surface area contributed by atoms with Crippen molar-refractivity contribution < 1.29 is 30.6 Å². The SMILES string of the molecule is [2H]C([2H])([2H])C([2H])([2H])C(COC(=O)c1cc(OC)c(OC)c(OC)c1)(c1ccccc1)N(C)Cc1ccccc1. The maximum absolute atomic E-state index is 13.4. The monoisotopic (exact) mass is 468 g/mol. The average molecular weight is 469 g/mol. The fraction of sp³-hybridized carbons (Fsp3) is 0.321. The van der Waals surface area contributed by atoms with Gasteiger partial charge in [-0.25, -0.2) is 4.79 Å². The van der Waals surface area contributed by atoms with Crippen molar-refractivity contribution in [3.8, 4) is 17.2 Å². The highest BCUT2D eigenvalue weighted by Gasteiger charge is 2.36. The third-order valence-corrected chi connectivity index (χ3v) is 5.68. The Bertz CT molecular complexity index is 1230. The number of carbonyl (C=O) groups is 1. The van der Waals surface area contributed by atoms with Crippen molar-refractivity contribution in [1.29, 1.82) is 0 Å². The molecular formula is C28H33NO5. The number of methoxy groups -OCH3 is 3. The number of likely N-dealkylation sites (N-methyl/N-ethyl adjacent to an activating group) is 1. The molecule has 0 bridgehead atoms. The highest BCUT2D eigenvalue weighted by molar-refractivity contribution is 5.91. The summed E-state index contributed by atoms with van der Waals surface area (Å²) >= 11 is 0. The molecule has 34 heavy (non-hydrogen) atoms. The third kappa shape index (κ3) is 5.34. The minimum Gasteiger partial charge on any atom is -0.493 e. The Morgan fingerprint density at radius 1 is 0.941 bits per heavy atom. The van der Waals surface area contributed by atoms with Gasteiger partial charge in [-0.2, -0.15) is 0 Å². The summed E-state index contributed by atoms with van der Waals surface area (Å²) in [6, 6.07) is 20.5. The van der Waals surface area contributed by atoms with Crippen LogP contribution in [-0.2, 0) is 16.8 Å². The fourth-order valence-electron chi connectivity index (χ4n) is 3.78. The molecule has 3 aromatic carbocycles. The van der Waals surface area contributed by atoms with Gasteiger partial charge in [0.25, 0.3) is 0 Å². The summed E-state index contributed by atoms with van der Waals surface area (Å²) in [7, 11) is 5.88. The van der Waals surface area contributed by atoms with Crippen LogP contribution < -0.4 is 14.2 Å². The molecule has 6 nitrogen and oxygen atoms in total. The number of benzene rings is 3. The standard InChI is InChI=1S/C28H33NO5/c1-6-28(23-15-11-8-12-16-23,29(2)19-21-13-9-7-10-14-21)20-34-27(30)22-17-24(31-3)26(33-5)25(18-22)32-4/h7-18H,6,19-20H2,1-5H3/i1D3,6D2. The summed E-state index contributed by atoms with van der Waals surface area (Å²) in [5.41, 5.74) is -0.655. The van der Waals surface area contributed by atoms with Gasteiger partial charge in [-0.15, -0.1) is 0 Å². The van der Waals surface area contributed by atoms with Gasteiger partial charge >= 0.3 is 5.97 Å². The van der Waals surface area contributed by atoms with Crippen LogP contribution in [0.5, 0.6) is 17.2 Å². The summed E-state index contributed by atoms with van der Waals surface area (Å²) < 4.78 is 64.1. The first-order valence-corrected chi connectivity index (χ1v) is 10.7. The van der Waals surface area contributed by atoms with Gasteiger partial charge in [-0.3, -0.25) is 4.90 Å². The first-order valence-electron chi connectivity index (χ1n) is 13.2. The van der Waals surface area contributed by atoms with E-state index in [-0.39, 0.29) is 29.4 Å². The number of ether oxygens (including phenoxy) is 4. The molecule has 0 fully saturated rings. The predicted octanol–water partition coefficient (Wildman–Crippen LogP) is 5.31. The van der Waals surface area contributed by atoms with Crippen LogP contribution in [0.4, 0.5) is 0 Å². The lowest BCUT2D eigenvalue weighted by atomic mass is 9.86. The van der Waals surface area contributed by atoms with E-state index < -0.39 is 31.3 Å². The van der Waals surface area contributed by atoms with E-state index in [0.29, 0.717) is 5.56 Å². The van der Waals surface area contributed by atoms with Crippen molar-refractivity contribution in [1.82, 2.24) is 4.90 Å². The number of hydrogen-bond donors (Lipinski definition) is 0. The van der Waals surface area contributed by atoms with Gasteiger partial charge in [0.1, 0.15) is 6.61 Å². The lowest BCUT2D eigenvalue weighted by Crippen LogP contribution is -2.47. The number of rotatable bonds is 11. The first-order chi connectivity index (χ1) is 18.4. The molecule has 3 rings (SSSR count). The number of carbonyl (C=O) groups excluding carboxylic acids is 1. The zero-order chi connectivity index (χ0) is 28.8. The molecule has 6 heteroatoms. The van der Waals surface area contributed by atoms with E-state index in [9.17, 15) is 4.79 Å². The summed E-state index contributed by atoms with van der Waals surface area (Å²) in [5.74, 6) is -0.0604. The molecular weight excluding hydrogens is 430 g/mol. The second-order valence-corrected chi connectivity index (χ2v) is 7.68. The smallest absolute Gasteiger partial charge is 0.338 e. The van der Waals surface area contributed by atoms with Crippen molar-refractivity contribution in [3.05, 3.63) is 89.5 Å². The molecule has 3 aromatic rings.